The molecular formula is C8H8ClFS. The van der Waals surface area contributed by atoms with E-state index in [4.69, 9.17) is 11.6 Å². The molecule has 0 spiro atoms. The highest BCUT2D eigenvalue weighted by atomic mass is 35.5. The summed E-state index contributed by atoms with van der Waals surface area (Å²) in [7, 11) is 0. The number of thioether (sulfide) groups is 1. The van der Waals surface area contributed by atoms with Gasteiger partial charge < -0.3 is 0 Å². The Morgan fingerprint density at radius 2 is 2.27 bits per heavy atom. The zero-order valence-corrected chi connectivity index (χ0v) is 7.68. The van der Waals surface area contributed by atoms with Gasteiger partial charge in [0, 0.05) is 16.3 Å². The predicted molar refractivity (Wildman–Crippen MR) is 48.6 cm³/mol. The highest BCUT2D eigenvalue weighted by molar-refractivity contribution is 7.97. The van der Waals surface area contributed by atoms with E-state index in [0.29, 0.717) is 16.3 Å². The number of hydrogen-bond donors (Lipinski definition) is 0. The van der Waals surface area contributed by atoms with Crippen LogP contribution in [0.15, 0.2) is 18.2 Å². The molecule has 0 aliphatic heterocycles. The first-order chi connectivity index (χ1) is 5.25. The normalized spacial score (nSPS) is 10.1. The van der Waals surface area contributed by atoms with Crippen molar-refractivity contribution in [3.8, 4) is 0 Å². The highest BCUT2D eigenvalue weighted by Crippen LogP contribution is 2.22. The van der Waals surface area contributed by atoms with Crippen molar-refractivity contribution in [3.05, 3.63) is 34.6 Å². The first-order valence-corrected chi connectivity index (χ1v) is 4.94. The van der Waals surface area contributed by atoms with Crippen molar-refractivity contribution in [2.24, 2.45) is 0 Å². The minimum atomic E-state index is -0.216. The van der Waals surface area contributed by atoms with E-state index >= 15 is 0 Å². The summed E-state index contributed by atoms with van der Waals surface area (Å²) in [5.41, 5.74) is 0.599. The number of hydrogen-bond acceptors (Lipinski definition) is 1. The van der Waals surface area contributed by atoms with E-state index in [1.54, 1.807) is 23.9 Å². The quantitative estimate of drug-likeness (QED) is 0.690. The minimum absolute atomic E-state index is 0.216. The molecule has 0 aliphatic carbocycles. The zero-order chi connectivity index (χ0) is 8.27. The van der Waals surface area contributed by atoms with Crippen LogP contribution in [0, 0.1) is 5.82 Å². The Morgan fingerprint density at radius 1 is 1.55 bits per heavy atom. The van der Waals surface area contributed by atoms with Gasteiger partial charge in [0.1, 0.15) is 5.82 Å². The maximum atomic E-state index is 12.9. The smallest absolute Gasteiger partial charge is 0.128 e. The summed E-state index contributed by atoms with van der Waals surface area (Å²) < 4.78 is 12.9. The molecule has 0 nitrogen and oxygen atoms in total. The van der Waals surface area contributed by atoms with Crippen LogP contribution in [0.25, 0.3) is 0 Å². The molecule has 1 aromatic rings. The van der Waals surface area contributed by atoms with Crippen molar-refractivity contribution in [3.63, 3.8) is 0 Å². The summed E-state index contributed by atoms with van der Waals surface area (Å²) in [6.07, 6.45) is 1.92. The van der Waals surface area contributed by atoms with Crippen LogP contribution < -0.4 is 0 Å². The van der Waals surface area contributed by atoms with Crippen LogP contribution in [0.5, 0.6) is 0 Å². The molecule has 60 valence electrons. The van der Waals surface area contributed by atoms with Crippen LogP contribution in [-0.2, 0) is 5.75 Å². The van der Waals surface area contributed by atoms with Gasteiger partial charge in [-0.1, -0.05) is 17.7 Å². The molecule has 0 heterocycles. The Kier molecular flexibility index (Phi) is 3.21. The van der Waals surface area contributed by atoms with Crippen molar-refractivity contribution < 1.29 is 4.39 Å². The van der Waals surface area contributed by atoms with Crippen LogP contribution in [0.2, 0.25) is 5.02 Å². The van der Waals surface area contributed by atoms with E-state index in [1.807, 2.05) is 6.26 Å². The molecule has 0 aromatic heterocycles. The second kappa shape index (κ2) is 3.98. The van der Waals surface area contributed by atoms with Crippen LogP contribution in [0.4, 0.5) is 4.39 Å². The van der Waals surface area contributed by atoms with Crippen LogP contribution in [0.3, 0.4) is 0 Å². The molecule has 0 amide bonds. The zero-order valence-electron chi connectivity index (χ0n) is 6.10. The van der Waals surface area contributed by atoms with Crippen LogP contribution >= 0.6 is 23.4 Å². The highest BCUT2D eigenvalue weighted by Gasteiger charge is 2.04. The molecule has 0 unspecified atom stereocenters. The van der Waals surface area contributed by atoms with Gasteiger partial charge in [0.25, 0.3) is 0 Å². The fourth-order valence-electron chi connectivity index (χ4n) is 0.815. The summed E-state index contributed by atoms with van der Waals surface area (Å²) in [6, 6.07) is 4.75. The van der Waals surface area contributed by atoms with Gasteiger partial charge in [-0.2, -0.15) is 11.8 Å². The lowest BCUT2D eigenvalue weighted by molar-refractivity contribution is 0.617. The van der Waals surface area contributed by atoms with E-state index in [-0.39, 0.29) is 5.82 Å². The predicted octanol–water partition coefficient (Wildman–Crippen LogP) is 3.34. The first-order valence-electron chi connectivity index (χ1n) is 3.17. The van der Waals surface area contributed by atoms with Gasteiger partial charge in [-0.05, 0) is 18.4 Å². The lowest BCUT2D eigenvalue weighted by atomic mass is 10.2. The molecular weight excluding hydrogens is 183 g/mol. The fraction of sp³-hybridized carbons (Fsp3) is 0.250. The Morgan fingerprint density at radius 3 is 2.82 bits per heavy atom. The summed E-state index contributed by atoms with van der Waals surface area (Å²) >= 11 is 7.31. The molecule has 0 N–H and O–H groups in total. The third kappa shape index (κ3) is 2.11. The van der Waals surface area contributed by atoms with Crippen LogP contribution in [-0.4, -0.2) is 6.26 Å². The van der Waals surface area contributed by atoms with Gasteiger partial charge in [-0.25, -0.2) is 4.39 Å². The van der Waals surface area contributed by atoms with Gasteiger partial charge in [0.15, 0.2) is 0 Å². The maximum Gasteiger partial charge on any atom is 0.128 e. The molecule has 0 atom stereocenters. The van der Waals surface area contributed by atoms with Crippen molar-refractivity contribution in [1.29, 1.82) is 0 Å². The molecule has 0 saturated carbocycles. The molecule has 0 radical (unpaired) electrons. The van der Waals surface area contributed by atoms with E-state index in [0.717, 1.165) is 0 Å². The van der Waals surface area contributed by atoms with Gasteiger partial charge >= 0.3 is 0 Å². The molecule has 0 fully saturated rings. The molecule has 1 aromatic carbocycles. The fourth-order valence-corrected chi connectivity index (χ4v) is 1.71. The second-order valence-electron chi connectivity index (χ2n) is 2.13. The summed E-state index contributed by atoms with van der Waals surface area (Å²) in [4.78, 5) is 0. The number of halogens is 2. The average molecular weight is 191 g/mol. The van der Waals surface area contributed by atoms with Gasteiger partial charge in [0.05, 0.1) is 0 Å². The molecule has 3 heteroatoms. The standard InChI is InChI=1S/C8H8ClFS/c1-11-5-6-7(9)3-2-4-8(6)10/h2-4H,5H2,1H3. The molecule has 0 saturated heterocycles. The lowest BCUT2D eigenvalue weighted by Crippen LogP contribution is -1.87. The van der Waals surface area contributed by atoms with Gasteiger partial charge in [0.2, 0.25) is 0 Å². The van der Waals surface area contributed by atoms with E-state index in [9.17, 15) is 4.39 Å². The molecule has 0 bridgehead atoms. The topological polar surface area (TPSA) is 0 Å². The average Bonchev–Trinajstić information content (AvgIpc) is 1.97. The Hall–Kier alpha value is -0.210. The number of benzene rings is 1. The number of rotatable bonds is 2. The Labute approximate surface area is 74.8 Å². The molecule has 0 aliphatic rings. The summed E-state index contributed by atoms with van der Waals surface area (Å²) in [6.45, 7) is 0. The molecule has 1 rings (SSSR count). The third-order valence-corrected chi connectivity index (χ3v) is 2.28. The Bertz CT molecular complexity index is 230. The SMILES string of the molecule is CSCc1c(F)cccc1Cl. The summed E-state index contributed by atoms with van der Waals surface area (Å²) in [5.74, 6) is 0.415. The second-order valence-corrected chi connectivity index (χ2v) is 3.41. The molecule has 11 heavy (non-hydrogen) atoms. The van der Waals surface area contributed by atoms with E-state index in [2.05, 4.69) is 0 Å². The summed E-state index contributed by atoms with van der Waals surface area (Å²) in [5, 5.41) is 0.513. The van der Waals surface area contributed by atoms with Crippen molar-refractivity contribution in [1.82, 2.24) is 0 Å². The van der Waals surface area contributed by atoms with Gasteiger partial charge in [-0.15, -0.1) is 0 Å². The monoisotopic (exact) mass is 190 g/mol. The Balaban J connectivity index is 3.00. The lowest BCUT2D eigenvalue weighted by Gasteiger charge is -2.01. The maximum absolute atomic E-state index is 12.9. The van der Waals surface area contributed by atoms with Gasteiger partial charge in [-0.3, -0.25) is 0 Å². The van der Waals surface area contributed by atoms with E-state index < -0.39 is 0 Å². The van der Waals surface area contributed by atoms with E-state index in [1.165, 1.54) is 6.07 Å². The minimum Gasteiger partial charge on any atom is -0.207 e. The van der Waals surface area contributed by atoms with Crippen LogP contribution in [0.1, 0.15) is 5.56 Å². The first kappa shape index (κ1) is 8.88. The van der Waals surface area contributed by atoms with Crippen molar-refractivity contribution >= 4 is 23.4 Å². The largest absolute Gasteiger partial charge is 0.207 e. The van der Waals surface area contributed by atoms with Crippen molar-refractivity contribution in [2.75, 3.05) is 6.26 Å². The van der Waals surface area contributed by atoms with Crippen molar-refractivity contribution in [2.45, 2.75) is 5.75 Å². The third-order valence-electron chi connectivity index (χ3n) is 1.35.